The topological polar surface area (TPSA) is 86.5 Å². The normalized spacial score (nSPS) is 11.7. The number of non-ortho nitro benzene ring substituents is 1. The molecule has 1 aromatic rings. The van der Waals surface area contributed by atoms with Gasteiger partial charge in [-0.15, -0.1) is 0 Å². The molecule has 6 nitrogen and oxygen atoms in total. The van der Waals surface area contributed by atoms with E-state index < -0.39 is 16.8 Å². The van der Waals surface area contributed by atoms with Crippen molar-refractivity contribution in [3.05, 3.63) is 39.9 Å². The molecule has 0 saturated heterocycles. The first-order chi connectivity index (χ1) is 9.01. The van der Waals surface area contributed by atoms with Crippen molar-refractivity contribution < 1.29 is 19.2 Å². The third-order valence-corrected chi connectivity index (χ3v) is 2.66. The number of rotatable bonds is 6. The predicted molar refractivity (Wildman–Crippen MR) is 67.8 cm³/mol. The van der Waals surface area contributed by atoms with E-state index in [1.165, 1.54) is 24.3 Å². The monoisotopic (exact) mass is 265 g/mol. The quantitative estimate of drug-likeness (QED) is 0.259. The van der Waals surface area contributed by atoms with Crippen molar-refractivity contribution in [1.29, 1.82) is 0 Å². The molecule has 0 radical (unpaired) electrons. The van der Waals surface area contributed by atoms with Crippen molar-refractivity contribution in [3.8, 4) is 0 Å². The minimum atomic E-state index is -0.860. The van der Waals surface area contributed by atoms with E-state index in [1.54, 1.807) is 13.8 Å². The Morgan fingerprint density at radius 1 is 1.26 bits per heavy atom. The highest BCUT2D eigenvalue weighted by atomic mass is 16.6. The van der Waals surface area contributed by atoms with Crippen LogP contribution in [0, 0.1) is 16.0 Å². The average molecular weight is 265 g/mol. The number of nitro groups is 1. The van der Waals surface area contributed by atoms with E-state index in [4.69, 9.17) is 4.74 Å². The Bertz CT molecular complexity index is 480. The molecule has 0 saturated carbocycles. The number of ketones is 1. The molecule has 102 valence electrons. The molecule has 19 heavy (non-hydrogen) atoms. The number of ether oxygens (including phenoxy) is 1. The van der Waals surface area contributed by atoms with E-state index in [0.717, 1.165) is 0 Å². The Morgan fingerprint density at radius 2 is 1.84 bits per heavy atom. The van der Waals surface area contributed by atoms with Gasteiger partial charge in [-0.1, -0.05) is 6.92 Å². The van der Waals surface area contributed by atoms with Crippen LogP contribution in [0.5, 0.6) is 0 Å². The van der Waals surface area contributed by atoms with Crippen LogP contribution in [0.3, 0.4) is 0 Å². The third-order valence-electron chi connectivity index (χ3n) is 2.66. The lowest BCUT2D eigenvalue weighted by Gasteiger charge is -2.12. The minimum absolute atomic E-state index is 0.0965. The standard InChI is InChI=1S/C13H15NO5/c1-3-11(13(16)19-4-2)12(15)9-5-7-10(8-6-9)14(17)18/h5-8,11H,3-4H2,1-2H3. The lowest BCUT2D eigenvalue weighted by atomic mass is 9.95. The van der Waals surface area contributed by atoms with E-state index >= 15 is 0 Å². The van der Waals surface area contributed by atoms with Gasteiger partial charge in [0.15, 0.2) is 5.78 Å². The number of hydrogen-bond donors (Lipinski definition) is 0. The molecule has 1 unspecified atom stereocenters. The summed E-state index contributed by atoms with van der Waals surface area (Å²) in [4.78, 5) is 33.7. The Hall–Kier alpha value is -2.24. The van der Waals surface area contributed by atoms with Crippen LogP contribution in [-0.4, -0.2) is 23.3 Å². The fraction of sp³-hybridized carbons (Fsp3) is 0.385. The molecule has 0 amide bonds. The van der Waals surface area contributed by atoms with Crippen LogP contribution in [0.4, 0.5) is 5.69 Å². The maximum absolute atomic E-state index is 12.1. The molecule has 0 aliphatic carbocycles. The predicted octanol–water partition coefficient (Wildman–Crippen LogP) is 2.37. The van der Waals surface area contributed by atoms with E-state index in [2.05, 4.69) is 0 Å². The van der Waals surface area contributed by atoms with Crippen molar-refractivity contribution >= 4 is 17.4 Å². The Labute approximate surface area is 110 Å². The summed E-state index contributed by atoms with van der Waals surface area (Å²) in [6.07, 6.45) is 0.328. The van der Waals surface area contributed by atoms with E-state index in [9.17, 15) is 19.7 Å². The number of hydrogen-bond acceptors (Lipinski definition) is 5. The summed E-state index contributed by atoms with van der Waals surface area (Å²) in [7, 11) is 0. The molecular formula is C13H15NO5. The van der Waals surface area contributed by atoms with Crippen LogP contribution in [-0.2, 0) is 9.53 Å². The molecule has 6 heteroatoms. The highest BCUT2D eigenvalue weighted by Crippen LogP contribution is 2.17. The molecule has 0 aliphatic rings. The molecule has 0 bridgehead atoms. The van der Waals surface area contributed by atoms with Gasteiger partial charge in [-0.2, -0.15) is 0 Å². The number of nitro benzene ring substituents is 1. The first-order valence-corrected chi connectivity index (χ1v) is 5.96. The lowest BCUT2D eigenvalue weighted by Crippen LogP contribution is -2.25. The second-order valence-electron chi connectivity index (χ2n) is 3.88. The van der Waals surface area contributed by atoms with Crippen LogP contribution in [0.15, 0.2) is 24.3 Å². The molecule has 0 aromatic heterocycles. The number of carbonyl (C=O) groups excluding carboxylic acids is 2. The van der Waals surface area contributed by atoms with Crippen molar-refractivity contribution in [3.63, 3.8) is 0 Å². The molecular weight excluding hydrogens is 250 g/mol. The maximum atomic E-state index is 12.1. The van der Waals surface area contributed by atoms with E-state index in [0.29, 0.717) is 6.42 Å². The van der Waals surface area contributed by atoms with Gasteiger partial charge in [0, 0.05) is 17.7 Å². The van der Waals surface area contributed by atoms with Gasteiger partial charge in [0.2, 0.25) is 0 Å². The third kappa shape index (κ3) is 3.61. The average Bonchev–Trinajstić information content (AvgIpc) is 2.39. The summed E-state index contributed by atoms with van der Waals surface area (Å²) < 4.78 is 4.83. The first kappa shape index (κ1) is 14.8. The molecule has 0 fully saturated rings. The number of benzene rings is 1. The molecule has 1 aromatic carbocycles. The van der Waals surface area contributed by atoms with Crippen LogP contribution < -0.4 is 0 Å². The van der Waals surface area contributed by atoms with Crippen LogP contribution in [0.25, 0.3) is 0 Å². The highest BCUT2D eigenvalue weighted by Gasteiger charge is 2.27. The summed E-state index contributed by atoms with van der Waals surface area (Å²) in [6.45, 7) is 3.59. The Kier molecular flexibility index (Phi) is 5.17. The van der Waals surface area contributed by atoms with Gasteiger partial charge in [0.1, 0.15) is 5.92 Å². The summed E-state index contributed by atoms with van der Waals surface area (Å²) in [6, 6.07) is 5.18. The van der Waals surface area contributed by atoms with Gasteiger partial charge in [0.05, 0.1) is 11.5 Å². The SMILES string of the molecule is CCOC(=O)C(CC)C(=O)c1ccc([N+](=O)[O-])cc1. The number of Topliss-reactive ketones (excluding diaryl/α,β-unsaturated/α-hetero) is 1. The summed E-state index contributed by atoms with van der Waals surface area (Å²) in [5.74, 6) is -1.80. The fourth-order valence-electron chi connectivity index (χ4n) is 1.65. The minimum Gasteiger partial charge on any atom is -0.465 e. The molecule has 0 heterocycles. The van der Waals surface area contributed by atoms with Gasteiger partial charge >= 0.3 is 5.97 Å². The van der Waals surface area contributed by atoms with Gasteiger partial charge < -0.3 is 4.74 Å². The smallest absolute Gasteiger partial charge is 0.316 e. The maximum Gasteiger partial charge on any atom is 0.316 e. The molecule has 0 spiro atoms. The zero-order valence-electron chi connectivity index (χ0n) is 10.8. The summed E-state index contributed by atoms with van der Waals surface area (Å²) in [5, 5.41) is 10.5. The van der Waals surface area contributed by atoms with E-state index in [-0.39, 0.29) is 23.6 Å². The number of nitrogens with zero attached hydrogens (tertiary/aromatic N) is 1. The van der Waals surface area contributed by atoms with Gasteiger partial charge in [0.25, 0.3) is 5.69 Å². The first-order valence-electron chi connectivity index (χ1n) is 5.96. The second kappa shape index (κ2) is 6.63. The van der Waals surface area contributed by atoms with Crippen molar-refractivity contribution in [2.75, 3.05) is 6.61 Å². The Balaban J connectivity index is 2.91. The van der Waals surface area contributed by atoms with E-state index in [1.807, 2.05) is 0 Å². The van der Waals surface area contributed by atoms with Crippen molar-refractivity contribution in [2.45, 2.75) is 20.3 Å². The van der Waals surface area contributed by atoms with Crippen LogP contribution in [0.1, 0.15) is 30.6 Å². The van der Waals surface area contributed by atoms with Gasteiger partial charge in [-0.25, -0.2) is 0 Å². The lowest BCUT2D eigenvalue weighted by molar-refractivity contribution is -0.384. The van der Waals surface area contributed by atoms with Crippen LogP contribution in [0.2, 0.25) is 0 Å². The van der Waals surface area contributed by atoms with Gasteiger partial charge in [-0.05, 0) is 25.5 Å². The summed E-state index contributed by atoms with van der Waals surface area (Å²) >= 11 is 0. The highest BCUT2D eigenvalue weighted by molar-refractivity contribution is 6.08. The molecule has 0 aliphatic heterocycles. The largest absolute Gasteiger partial charge is 0.465 e. The van der Waals surface area contributed by atoms with Crippen molar-refractivity contribution in [2.24, 2.45) is 5.92 Å². The molecule has 0 N–H and O–H groups in total. The zero-order valence-corrected chi connectivity index (χ0v) is 10.8. The van der Waals surface area contributed by atoms with Crippen LogP contribution >= 0.6 is 0 Å². The number of esters is 1. The van der Waals surface area contributed by atoms with Gasteiger partial charge in [-0.3, -0.25) is 19.7 Å². The summed E-state index contributed by atoms with van der Waals surface area (Å²) in [5.41, 5.74) is 0.172. The number of carbonyl (C=O) groups is 2. The zero-order chi connectivity index (χ0) is 14.4. The fourth-order valence-corrected chi connectivity index (χ4v) is 1.65. The molecule has 1 rings (SSSR count). The molecule has 1 atom stereocenters. The Morgan fingerprint density at radius 3 is 2.26 bits per heavy atom. The van der Waals surface area contributed by atoms with Crippen molar-refractivity contribution in [1.82, 2.24) is 0 Å². The second-order valence-corrected chi connectivity index (χ2v) is 3.88.